The molecule has 2 aromatic rings. The summed E-state index contributed by atoms with van der Waals surface area (Å²) in [6.45, 7) is 4.71. The minimum absolute atomic E-state index is 0.361. The summed E-state index contributed by atoms with van der Waals surface area (Å²) >= 11 is 0. The molecule has 0 heterocycles. The Morgan fingerprint density at radius 2 is 1.69 bits per heavy atom. The molecule has 1 N–H and O–H groups in total. The number of unbranched alkanes of at least 4 members (excludes halogenated alkanes) is 2. The first-order valence-corrected chi connectivity index (χ1v) is 9.17. The van der Waals surface area contributed by atoms with E-state index in [9.17, 15) is 4.79 Å². The van der Waals surface area contributed by atoms with E-state index in [4.69, 9.17) is 14.6 Å². The van der Waals surface area contributed by atoms with E-state index < -0.39 is 5.97 Å². The van der Waals surface area contributed by atoms with Crippen LogP contribution >= 0.6 is 0 Å². The summed E-state index contributed by atoms with van der Waals surface area (Å²) in [6, 6.07) is 11.6. The van der Waals surface area contributed by atoms with Crippen molar-refractivity contribution in [2.75, 3.05) is 13.7 Å². The molecule has 0 aliphatic heterocycles. The largest absolute Gasteiger partial charge is 0.493 e. The zero-order valence-corrected chi connectivity index (χ0v) is 15.9. The average Bonchev–Trinajstić information content (AvgIpc) is 2.63. The molecule has 0 aliphatic rings. The van der Waals surface area contributed by atoms with Gasteiger partial charge in [-0.1, -0.05) is 38.0 Å². The van der Waals surface area contributed by atoms with Crippen molar-refractivity contribution in [3.63, 3.8) is 0 Å². The lowest BCUT2D eigenvalue weighted by molar-refractivity contribution is 0.0696. The van der Waals surface area contributed by atoms with Crippen LogP contribution in [0.3, 0.4) is 0 Å². The minimum atomic E-state index is -0.881. The van der Waals surface area contributed by atoms with Gasteiger partial charge in [0.1, 0.15) is 0 Å². The predicted molar refractivity (Wildman–Crippen MR) is 104 cm³/mol. The first-order valence-electron chi connectivity index (χ1n) is 9.17. The number of aromatic carboxylic acids is 1. The maximum atomic E-state index is 11.1. The van der Waals surface area contributed by atoms with E-state index in [1.807, 2.05) is 31.2 Å². The third-order valence-corrected chi connectivity index (χ3v) is 4.46. The molecular weight excluding hydrogens is 328 g/mol. The van der Waals surface area contributed by atoms with Crippen molar-refractivity contribution in [1.29, 1.82) is 0 Å². The zero-order chi connectivity index (χ0) is 18.9. The fourth-order valence-electron chi connectivity index (χ4n) is 2.93. The Balaban J connectivity index is 1.99. The lowest BCUT2D eigenvalue weighted by Gasteiger charge is -2.12. The van der Waals surface area contributed by atoms with Crippen molar-refractivity contribution in [3.8, 4) is 11.5 Å². The van der Waals surface area contributed by atoms with E-state index in [1.54, 1.807) is 13.2 Å². The van der Waals surface area contributed by atoms with Crippen molar-refractivity contribution >= 4 is 5.97 Å². The van der Waals surface area contributed by atoms with Crippen LogP contribution in [0, 0.1) is 6.92 Å². The van der Waals surface area contributed by atoms with Gasteiger partial charge in [0, 0.05) is 0 Å². The average molecular weight is 356 g/mol. The van der Waals surface area contributed by atoms with E-state index >= 15 is 0 Å². The Hall–Kier alpha value is -2.49. The standard InChI is InChI=1S/C22H28O4/c1-4-5-6-13-26-20-12-10-18(15-21(20)25-3)8-7-17-9-11-19(22(23)24)16(2)14-17/h9-12,14-15H,4-8,13H2,1-3H3,(H,23,24). The molecule has 2 rings (SSSR count). The van der Waals surface area contributed by atoms with Crippen LogP contribution in [0.4, 0.5) is 0 Å². The molecule has 0 saturated heterocycles. The van der Waals surface area contributed by atoms with E-state index in [2.05, 4.69) is 13.0 Å². The molecule has 0 unspecified atom stereocenters. The molecule has 0 aromatic heterocycles. The number of carboxylic acids is 1. The number of hydrogen-bond donors (Lipinski definition) is 1. The van der Waals surface area contributed by atoms with Gasteiger partial charge in [-0.3, -0.25) is 0 Å². The molecule has 0 spiro atoms. The molecule has 2 aromatic carbocycles. The van der Waals surface area contributed by atoms with Crippen molar-refractivity contribution in [2.24, 2.45) is 0 Å². The summed E-state index contributed by atoms with van der Waals surface area (Å²) < 4.78 is 11.3. The van der Waals surface area contributed by atoms with Gasteiger partial charge in [0.2, 0.25) is 0 Å². The molecule has 0 bridgehead atoms. The number of carboxylic acid groups (broad SMARTS) is 1. The molecule has 26 heavy (non-hydrogen) atoms. The van der Waals surface area contributed by atoms with E-state index in [1.165, 1.54) is 18.4 Å². The molecule has 0 radical (unpaired) electrons. The van der Waals surface area contributed by atoms with Gasteiger partial charge in [0.05, 0.1) is 19.3 Å². The fourth-order valence-corrected chi connectivity index (χ4v) is 2.93. The van der Waals surface area contributed by atoms with Crippen molar-refractivity contribution in [2.45, 2.75) is 46.0 Å². The summed E-state index contributed by atoms with van der Waals surface area (Å²) in [5.74, 6) is 0.665. The number of aryl methyl sites for hydroxylation is 3. The van der Waals surface area contributed by atoms with Gasteiger partial charge in [0.25, 0.3) is 0 Å². The highest BCUT2D eigenvalue weighted by Gasteiger charge is 2.09. The predicted octanol–water partition coefficient (Wildman–Crippen LogP) is 5.06. The number of benzene rings is 2. The SMILES string of the molecule is CCCCCOc1ccc(CCc2ccc(C(=O)O)c(C)c2)cc1OC. The Morgan fingerprint density at radius 1 is 1.00 bits per heavy atom. The number of ether oxygens (including phenoxy) is 2. The van der Waals surface area contributed by atoms with Crippen LogP contribution in [0.15, 0.2) is 36.4 Å². The van der Waals surface area contributed by atoms with Gasteiger partial charge in [-0.2, -0.15) is 0 Å². The number of rotatable bonds is 10. The number of methoxy groups -OCH3 is 1. The first kappa shape index (κ1) is 19.8. The Labute approximate surface area is 155 Å². The Bertz CT molecular complexity index is 737. The van der Waals surface area contributed by atoms with E-state index in [0.717, 1.165) is 41.9 Å². The molecule has 0 amide bonds. The van der Waals surface area contributed by atoms with Crippen LogP contribution < -0.4 is 9.47 Å². The Kier molecular flexibility index (Phi) is 7.52. The maximum Gasteiger partial charge on any atom is 0.335 e. The summed E-state index contributed by atoms with van der Waals surface area (Å²) in [5.41, 5.74) is 3.46. The van der Waals surface area contributed by atoms with E-state index in [0.29, 0.717) is 12.2 Å². The third kappa shape index (κ3) is 5.51. The quantitative estimate of drug-likeness (QED) is 0.605. The van der Waals surface area contributed by atoms with Gasteiger partial charge in [-0.05, 0) is 61.1 Å². The summed E-state index contributed by atoms with van der Waals surface area (Å²) in [6.07, 6.45) is 5.10. The highest BCUT2D eigenvalue weighted by molar-refractivity contribution is 5.89. The summed E-state index contributed by atoms with van der Waals surface area (Å²) in [7, 11) is 1.66. The zero-order valence-electron chi connectivity index (χ0n) is 15.9. The second kappa shape index (κ2) is 9.85. The molecule has 4 nitrogen and oxygen atoms in total. The van der Waals surface area contributed by atoms with Crippen molar-refractivity contribution in [3.05, 3.63) is 58.7 Å². The lowest BCUT2D eigenvalue weighted by atomic mass is 10.00. The third-order valence-electron chi connectivity index (χ3n) is 4.46. The lowest BCUT2D eigenvalue weighted by Crippen LogP contribution is -2.02. The topological polar surface area (TPSA) is 55.8 Å². The second-order valence-electron chi connectivity index (χ2n) is 6.50. The molecular formula is C22H28O4. The molecule has 0 atom stereocenters. The summed E-state index contributed by atoms with van der Waals surface area (Å²) in [5, 5.41) is 9.11. The van der Waals surface area contributed by atoms with Gasteiger partial charge in [-0.15, -0.1) is 0 Å². The smallest absolute Gasteiger partial charge is 0.335 e. The normalized spacial score (nSPS) is 10.6. The van der Waals surface area contributed by atoms with Crippen LogP contribution in [0.1, 0.15) is 53.2 Å². The first-order chi connectivity index (χ1) is 12.5. The molecule has 0 aliphatic carbocycles. The fraction of sp³-hybridized carbons (Fsp3) is 0.409. The van der Waals surface area contributed by atoms with Crippen LogP contribution in [0.5, 0.6) is 11.5 Å². The van der Waals surface area contributed by atoms with Crippen LogP contribution in [0.2, 0.25) is 0 Å². The summed E-state index contributed by atoms with van der Waals surface area (Å²) in [4.78, 5) is 11.1. The van der Waals surface area contributed by atoms with Gasteiger partial charge in [-0.25, -0.2) is 4.79 Å². The van der Waals surface area contributed by atoms with Gasteiger partial charge < -0.3 is 14.6 Å². The highest BCUT2D eigenvalue weighted by Crippen LogP contribution is 2.29. The molecule has 140 valence electrons. The van der Waals surface area contributed by atoms with Gasteiger partial charge >= 0.3 is 5.97 Å². The molecule has 4 heteroatoms. The van der Waals surface area contributed by atoms with Crippen molar-refractivity contribution in [1.82, 2.24) is 0 Å². The monoisotopic (exact) mass is 356 g/mol. The maximum absolute atomic E-state index is 11.1. The van der Waals surface area contributed by atoms with Gasteiger partial charge in [0.15, 0.2) is 11.5 Å². The number of hydrogen-bond acceptors (Lipinski definition) is 3. The molecule has 0 saturated carbocycles. The van der Waals surface area contributed by atoms with Crippen LogP contribution in [-0.2, 0) is 12.8 Å². The minimum Gasteiger partial charge on any atom is -0.493 e. The van der Waals surface area contributed by atoms with Crippen LogP contribution in [0.25, 0.3) is 0 Å². The highest BCUT2D eigenvalue weighted by atomic mass is 16.5. The number of carbonyl (C=O) groups is 1. The van der Waals surface area contributed by atoms with E-state index in [-0.39, 0.29) is 0 Å². The van der Waals surface area contributed by atoms with Crippen LogP contribution in [-0.4, -0.2) is 24.8 Å². The second-order valence-corrected chi connectivity index (χ2v) is 6.50. The van der Waals surface area contributed by atoms with Crippen molar-refractivity contribution < 1.29 is 19.4 Å². The molecule has 0 fully saturated rings. The Morgan fingerprint density at radius 3 is 2.31 bits per heavy atom.